The summed E-state index contributed by atoms with van der Waals surface area (Å²) in [6.45, 7) is 1.56. The number of aromatic nitrogens is 1. The van der Waals surface area contributed by atoms with Crippen molar-refractivity contribution in [3.63, 3.8) is 0 Å². The molecule has 1 aromatic heterocycles. The third kappa shape index (κ3) is 4.50. The van der Waals surface area contributed by atoms with Crippen LogP contribution in [0.4, 0.5) is 0 Å². The molecule has 1 heterocycles. The molecule has 6 heteroatoms. The summed E-state index contributed by atoms with van der Waals surface area (Å²) in [5, 5.41) is 1.09. The van der Waals surface area contributed by atoms with Gasteiger partial charge in [0.1, 0.15) is 0 Å². The number of nitrogens with zero attached hydrogens (tertiary/aromatic N) is 3. The number of carbonyl (C=O) groups excluding carboxylic acids is 1. The van der Waals surface area contributed by atoms with E-state index in [2.05, 4.69) is 4.90 Å². The second-order valence-electron chi connectivity index (χ2n) is 4.59. The molecule has 0 fully saturated rings. The zero-order chi connectivity index (χ0) is 14.4. The molecular weight excluding hydrogens is 246 g/mol. The number of hydrogen-bond acceptors (Lipinski definition) is 4. The standard InChI is InChI=1S/C13H21N3O3/c1-14(2)7-5-8-16-9-6-11(10-12(16)17)13(18)15(3)19-4/h6,9-10H,5,7-8H2,1-4H3. The number of pyridine rings is 1. The molecule has 0 spiro atoms. The van der Waals surface area contributed by atoms with Gasteiger partial charge in [0.05, 0.1) is 7.11 Å². The summed E-state index contributed by atoms with van der Waals surface area (Å²) in [6.07, 6.45) is 2.53. The summed E-state index contributed by atoms with van der Waals surface area (Å²) in [6, 6.07) is 2.97. The molecule has 0 radical (unpaired) electrons. The van der Waals surface area contributed by atoms with Crippen molar-refractivity contribution in [1.29, 1.82) is 0 Å². The SMILES string of the molecule is CON(C)C(=O)c1ccn(CCCN(C)C)c(=O)c1. The van der Waals surface area contributed by atoms with Crippen LogP contribution in [0.3, 0.4) is 0 Å². The van der Waals surface area contributed by atoms with E-state index < -0.39 is 0 Å². The van der Waals surface area contributed by atoms with Crippen molar-refractivity contribution >= 4 is 5.91 Å². The van der Waals surface area contributed by atoms with Crippen LogP contribution in [0.15, 0.2) is 23.1 Å². The minimum Gasteiger partial charge on any atom is -0.315 e. The number of aryl methyl sites for hydroxylation is 1. The first-order chi connectivity index (χ1) is 8.95. The molecular formula is C13H21N3O3. The second kappa shape index (κ2) is 7.06. The van der Waals surface area contributed by atoms with Crippen molar-refractivity contribution in [2.24, 2.45) is 0 Å². The van der Waals surface area contributed by atoms with E-state index >= 15 is 0 Å². The van der Waals surface area contributed by atoms with E-state index in [0.717, 1.165) is 18.0 Å². The summed E-state index contributed by atoms with van der Waals surface area (Å²) < 4.78 is 1.60. The average molecular weight is 267 g/mol. The lowest BCUT2D eigenvalue weighted by Crippen LogP contribution is -2.28. The van der Waals surface area contributed by atoms with Gasteiger partial charge in [-0.1, -0.05) is 0 Å². The number of amides is 1. The van der Waals surface area contributed by atoms with Crippen LogP contribution in [0.2, 0.25) is 0 Å². The molecule has 0 unspecified atom stereocenters. The Bertz CT molecular complexity index is 482. The molecule has 106 valence electrons. The predicted molar refractivity (Wildman–Crippen MR) is 73.0 cm³/mol. The van der Waals surface area contributed by atoms with Crippen LogP contribution in [0.5, 0.6) is 0 Å². The molecule has 0 N–H and O–H groups in total. The third-order valence-corrected chi connectivity index (χ3v) is 2.81. The van der Waals surface area contributed by atoms with Gasteiger partial charge < -0.3 is 9.47 Å². The van der Waals surface area contributed by atoms with E-state index in [1.54, 1.807) is 16.8 Å². The van der Waals surface area contributed by atoms with Crippen molar-refractivity contribution in [3.05, 3.63) is 34.2 Å². The summed E-state index contributed by atoms with van der Waals surface area (Å²) >= 11 is 0. The normalized spacial score (nSPS) is 10.8. The van der Waals surface area contributed by atoms with Crippen molar-refractivity contribution in [3.8, 4) is 0 Å². The number of hydroxylamine groups is 2. The predicted octanol–water partition coefficient (Wildman–Crippen LogP) is 0.433. The highest BCUT2D eigenvalue weighted by Crippen LogP contribution is 2.01. The molecule has 0 aliphatic carbocycles. The average Bonchev–Trinajstić information content (AvgIpc) is 2.38. The van der Waals surface area contributed by atoms with Gasteiger partial charge in [0.2, 0.25) is 0 Å². The second-order valence-corrected chi connectivity index (χ2v) is 4.59. The summed E-state index contributed by atoms with van der Waals surface area (Å²) in [5.74, 6) is -0.333. The lowest BCUT2D eigenvalue weighted by atomic mass is 10.2. The minimum absolute atomic E-state index is 0.172. The highest BCUT2D eigenvalue weighted by molar-refractivity contribution is 5.93. The quantitative estimate of drug-likeness (QED) is 0.702. The molecule has 0 aliphatic rings. The lowest BCUT2D eigenvalue weighted by molar-refractivity contribution is -0.0757. The maximum absolute atomic E-state index is 11.9. The zero-order valence-corrected chi connectivity index (χ0v) is 11.9. The highest BCUT2D eigenvalue weighted by Gasteiger charge is 2.12. The van der Waals surface area contributed by atoms with Gasteiger partial charge in [0.25, 0.3) is 11.5 Å². The van der Waals surface area contributed by atoms with Gasteiger partial charge in [-0.15, -0.1) is 0 Å². The summed E-state index contributed by atoms with van der Waals surface area (Å²) in [5.41, 5.74) is 0.160. The van der Waals surface area contributed by atoms with Crippen molar-refractivity contribution < 1.29 is 9.63 Å². The first-order valence-electron chi connectivity index (χ1n) is 6.13. The number of rotatable bonds is 6. The maximum Gasteiger partial charge on any atom is 0.277 e. The Morgan fingerprint density at radius 2 is 2.05 bits per heavy atom. The third-order valence-electron chi connectivity index (χ3n) is 2.81. The first kappa shape index (κ1) is 15.4. The zero-order valence-electron chi connectivity index (χ0n) is 11.9. The molecule has 0 bridgehead atoms. The molecule has 1 rings (SSSR count). The lowest BCUT2D eigenvalue weighted by Gasteiger charge is -2.14. The Balaban J connectivity index is 2.75. The fraction of sp³-hybridized carbons (Fsp3) is 0.538. The highest BCUT2D eigenvalue weighted by atomic mass is 16.7. The van der Waals surface area contributed by atoms with E-state index in [9.17, 15) is 9.59 Å². The fourth-order valence-corrected chi connectivity index (χ4v) is 1.65. The topological polar surface area (TPSA) is 54.8 Å². The summed E-state index contributed by atoms with van der Waals surface area (Å²) in [7, 11) is 6.89. The van der Waals surface area contributed by atoms with Gasteiger partial charge in [-0.05, 0) is 33.1 Å². The Morgan fingerprint density at radius 3 is 2.58 bits per heavy atom. The van der Waals surface area contributed by atoms with E-state index in [1.807, 2.05) is 14.1 Å². The number of hydrogen-bond donors (Lipinski definition) is 0. The molecule has 1 amide bonds. The van der Waals surface area contributed by atoms with Crippen LogP contribution in [0.25, 0.3) is 0 Å². The Kier molecular flexibility index (Phi) is 5.72. The number of carbonyl (C=O) groups is 1. The molecule has 0 aromatic carbocycles. The van der Waals surface area contributed by atoms with Crippen LogP contribution in [-0.4, -0.2) is 55.2 Å². The van der Waals surface area contributed by atoms with Gasteiger partial charge in [-0.25, -0.2) is 5.06 Å². The molecule has 1 aromatic rings. The van der Waals surface area contributed by atoms with Gasteiger partial charge in [-0.2, -0.15) is 0 Å². The van der Waals surface area contributed by atoms with Crippen LogP contribution in [0, 0.1) is 0 Å². The van der Waals surface area contributed by atoms with E-state index in [1.165, 1.54) is 20.2 Å². The molecule has 0 aliphatic heterocycles. The van der Waals surface area contributed by atoms with Crippen LogP contribution in [0.1, 0.15) is 16.8 Å². The molecule has 0 saturated heterocycles. The summed E-state index contributed by atoms with van der Waals surface area (Å²) in [4.78, 5) is 30.5. The molecule has 0 atom stereocenters. The smallest absolute Gasteiger partial charge is 0.277 e. The van der Waals surface area contributed by atoms with Crippen LogP contribution in [-0.2, 0) is 11.4 Å². The monoisotopic (exact) mass is 267 g/mol. The van der Waals surface area contributed by atoms with Crippen molar-refractivity contribution in [2.75, 3.05) is 34.8 Å². The van der Waals surface area contributed by atoms with Gasteiger partial charge >= 0.3 is 0 Å². The molecule has 19 heavy (non-hydrogen) atoms. The van der Waals surface area contributed by atoms with Crippen LogP contribution >= 0.6 is 0 Å². The fourth-order valence-electron chi connectivity index (χ4n) is 1.65. The Hall–Kier alpha value is -1.66. The van der Waals surface area contributed by atoms with Crippen molar-refractivity contribution in [1.82, 2.24) is 14.5 Å². The maximum atomic E-state index is 11.9. The largest absolute Gasteiger partial charge is 0.315 e. The Morgan fingerprint density at radius 1 is 1.37 bits per heavy atom. The van der Waals surface area contributed by atoms with E-state index in [-0.39, 0.29) is 11.5 Å². The first-order valence-corrected chi connectivity index (χ1v) is 6.13. The molecule has 0 saturated carbocycles. The molecule has 6 nitrogen and oxygen atoms in total. The van der Waals surface area contributed by atoms with Crippen LogP contribution < -0.4 is 5.56 Å². The van der Waals surface area contributed by atoms with E-state index in [0.29, 0.717) is 12.1 Å². The van der Waals surface area contributed by atoms with Gasteiger partial charge in [0.15, 0.2) is 0 Å². The van der Waals surface area contributed by atoms with Crippen molar-refractivity contribution in [2.45, 2.75) is 13.0 Å². The van der Waals surface area contributed by atoms with E-state index in [4.69, 9.17) is 4.84 Å². The van der Waals surface area contributed by atoms with Gasteiger partial charge in [-0.3, -0.25) is 14.4 Å². The Labute approximate surface area is 113 Å². The minimum atomic E-state index is -0.333. The van der Waals surface area contributed by atoms with Gasteiger partial charge in [0, 0.05) is 31.4 Å².